The van der Waals surface area contributed by atoms with E-state index in [9.17, 15) is 9.59 Å². The average molecular weight is 244 g/mol. The van der Waals surface area contributed by atoms with Gasteiger partial charge in [-0.15, -0.1) is 0 Å². The lowest BCUT2D eigenvalue weighted by Crippen LogP contribution is -1.99. The van der Waals surface area contributed by atoms with Crippen molar-refractivity contribution in [3.63, 3.8) is 0 Å². The molecule has 4 heteroatoms. The maximum absolute atomic E-state index is 10.6. The number of hydrogen-bond acceptors (Lipinski definition) is 4. The van der Waals surface area contributed by atoms with Crippen LogP contribution in [0.3, 0.4) is 0 Å². The molecule has 1 aromatic carbocycles. The molecular weight excluding hydrogens is 228 g/mol. The molecule has 0 N–H and O–H groups in total. The second-order valence-electron chi connectivity index (χ2n) is 4.55. The second-order valence-corrected chi connectivity index (χ2v) is 4.55. The fraction of sp³-hybridized carbons (Fsp3) is 0.429. The van der Waals surface area contributed by atoms with Gasteiger partial charge in [-0.25, -0.2) is 9.59 Å². The van der Waals surface area contributed by atoms with Gasteiger partial charge >= 0.3 is 0 Å². The molecule has 0 spiro atoms. The fourth-order valence-electron chi connectivity index (χ4n) is 2.26. The number of carbonyl (C=O) groups excluding carboxylic acids is 2. The summed E-state index contributed by atoms with van der Waals surface area (Å²) in [5.74, 6) is 0.226. The number of isocyanates is 2. The number of nitrogens with zero attached hydrogens (tertiary/aromatic N) is 2. The third kappa shape index (κ3) is 2.30. The Kier molecular flexibility index (Phi) is 4.33. The quantitative estimate of drug-likeness (QED) is 0.601. The highest BCUT2D eigenvalue weighted by Gasteiger charge is 2.19. The normalized spacial score (nSPS) is 9.89. The van der Waals surface area contributed by atoms with Crippen molar-refractivity contribution in [1.29, 1.82) is 0 Å². The minimum Gasteiger partial charge on any atom is -0.211 e. The van der Waals surface area contributed by atoms with E-state index in [4.69, 9.17) is 0 Å². The molecule has 0 aromatic heterocycles. The summed E-state index contributed by atoms with van der Waals surface area (Å²) in [5.41, 5.74) is 4.74. The molecule has 0 aliphatic rings. The first-order valence-corrected chi connectivity index (χ1v) is 5.75. The van der Waals surface area contributed by atoms with Gasteiger partial charge in [0.1, 0.15) is 0 Å². The van der Waals surface area contributed by atoms with Gasteiger partial charge in [0.25, 0.3) is 0 Å². The van der Waals surface area contributed by atoms with Gasteiger partial charge in [-0.2, -0.15) is 9.98 Å². The van der Waals surface area contributed by atoms with E-state index < -0.39 is 0 Å². The Bertz CT molecular complexity index is 576. The molecule has 4 nitrogen and oxygen atoms in total. The van der Waals surface area contributed by atoms with Crippen LogP contribution in [0.1, 0.15) is 42.0 Å². The van der Waals surface area contributed by atoms with Crippen LogP contribution in [0.4, 0.5) is 11.4 Å². The molecule has 0 fully saturated rings. The zero-order valence-electron chi connectivity index (χ0n) is 11.3. The van der Waals surface area contributed by atoms with E-state index in [1.165, 1.54) is 0 Å². The van der Waals surface area contributed by atoms with Crippen LogP contribution in [-0.2, 0) is 9.59 Å². The van der Waals surface area contributed by atoms with Gasteiger partial charge in [-0.3, -0.25) is 0 Å². The zero-order chi connectivity index (χ0) is 13.9. The molecule has 0 saturated heterocycles. The maximum Gasteiger partial charge on any atom is 0.240 e. The van der Waals surface area contributed by atoms with Gasteiger partial charge in [-0.05, 0) is 43.4 Å². The first-order valence-electron chi connectivity index (χ1n) is 5.75. The molecule has 1 rings (SSSR count). The van der Waals surface area contributed by atoms with Crippen molar-refractivity contribution in [3.05, 3.63) is 22.3 Å². The van der Waals surface area contributed by atoms with Gasteiger partial charge in [-0.1, -0.05) is 13.8 Å². The number of rotatable bonds is 3. The molecule has 0 atom stereocenters. The first kappa shape index (κ1) is 14.0. The summed E-state index contributed by atoms with van der Waals surface area (Å²) < 4.78 is 0. The van der Waals surface area contributed by atoms with Crippen LogP contribution < -0.4 is 0 Å². The van der Waals surface area contributed by atoms with E-state index in [1.807, 2.05) is 27.7 Å². The average Bonchev–Trinajstić information content (AvgIpc) is 2.31. The van der Waals surface area contributed by atoms with E-state index in [0.717, 1.165) is 16.7 Å². The Morgan fingerprint density at radius 2 is 1.33 bits per heavy atom. The van der Waals surface area contributed by atoms with Gasteiger partial charge in [0, 0.05) is 5.56 Å². The largest absolute Gasteiger partial charge is 0.240 e. The molecule has 18 heavy (non-hydrogen) atoms. The third-order valence-electron chi connectivity index (χ3n) is 3.18. The van der Waals surface area contributed by atoms with Crippen LogP contribution in [0.5, 0.6) is 0 Å². The Balaban J connectivity index is 3.86. The highest BCUT2D eigenvalue weighted by Crippen LogP contribution is 2.41. The van der Waals surface area contributed by atoms with Crippen molar-refractivity contribution in [2.75, 3.05) is 0 Å². The number of aliphatic imine (C=N–C) groups is 2. The molecule has 0 aliphatic carbocycles. The van der Waals surface area contributed by atoms with Crippen molar-refractivity contribution in [2.24, 2.45) is 9.98 Å². The molecule has 94 valence electrons. The van der Waals surface area contributed by atoms with Crippen LogP contribution >= 0.6 is 0 Å². The lowest BCUT2D eigenvalue weighted by Gasteiger charge is -2.19. The summed E-state index contributed by atoms with van der Waals surface area (Å²) in [7, 11) is 0. The van der Waals surface area contributed by atoms with Gasteiger partial charge in [0.2, 0.25) is 12.2 Å². The SMILES string of the molecule is Cc1c(C)c(C(C)C)c(N=C=O)c(C)c1N=C=O. The molecule has 0 saturated carbocycles. The monoisotopic (exact) mass is 244 g/mol. The Morgan fingerprint density at radius 1 is 0.833 bits per heavy atom. The van der Waals surface area contributed by atoms with E-state index >= 15 is 0 Å². The summed E-state index contributed by atoms with van der Waals surface area (Å²) in [6, 6.07) is 0. The van der Waals surface area contributed by atoms with Crippen LogP contribution in [0.15, 0.2) is 9.98 Å². The third-order valence-corrected chi connectivity index (χ3v) is 3.18. The topological polar surface area (TPSA) is 58.9 Å². The maximum atomic E-state index is 10.6. The second kappa shape index (κ2) is 5.54. The van der Waals surface area contributed by atoms with Gasteiger partial charge in [0.05, 0.1) is 11.4 Å². The fourth-order valence-corrected chi connectivity index (χ4v) is 2.26. The predicted octanol–water partition coefficient (Wildman–Crippen LogP) is 3.67. The highest BCUT2D eigenvalue weighted by molar-refractivity contribution is 5.74. The highest BCUT2D eigenvalue weighted by atomic mass is 16.1. The van der Waals surface area contributed by atoms with Crippen molar-refractivity contribution in [1.82, 2.24) is 0 Å². The molecule has 0 amide bonds. The predicted molar refractivity (Wildman–Crippen MR) is 70.3 cm³/mol. The summed E-state index contributed by atoms with van der Waals surface area (Å²) >= 11 is 0. The van der Waals surface area contributed by atoms with E-state index in [2.05, 4.69) is 9.98 Å². The lowest BCUT2D eigenvalue weighted by atomic mass is 9.89. The molecule has 0 bridgehead atoms. The van der Waals surface area contributed by atoms with Gasteiger partial charge in [0.15, 0.2) is 0 Å². The Labute approximate surface area is 106 Å². The molecule has 1 aromatic rings. The minimum absolute atomic E-state index is 0.226. The minimum atomic E-state index is 0.226. The van der Waals surface area contributed by atoms with Crippen LogP contribution in [0.25, 0.3) is 0 Å². The molecule has 0 heterocycles. The van der Waals surface area contributed by atoms with Crippen LogP contribution in [0.2, 0.25) is 0 Å². The molecule has 0 unspecified atom stereocenters. The molecule has 0 radical (unpaired) electrons. The number of hydrogen-bond donors (Lipinski definition) is 0. The van der Waals surface area contributed by atoms with Crippen LogP contribution in [-0.4, -0.2) is 12.2 Å². The van der Waals surface area contributed by atoms with Crippen molar-refractivity contribution >= 4 is 23.5 Å². The standard InChI is InChI=1S/C14H16N2O2/c1-8(2)12-9(3)10(4)13(15-6-17)11(5)14(12)16-7-18/h8H,1-5H3. The number of benzene rings is 1. The van der Waals surface area contributed by atoms with Gasteiger partial charge < -0.3 is 0 Å². The lowest BCUT2D eigenvalue weighted by molar-refractivity contribution is 0.564. The van der Waals surface area contributed by atoms with E-state index in [-0.39, 0.29) is 5.92 Å². The van der Waals surface area contributed by atoms with E-state index in [0.29, 0.717) is 16.9 Å². The van der Waals surface area contributed by atoms with Crippen molar-refractivity contribution in [3.8, 4) is 0 Å². The summed E-state index contributed by atoms with van der Waals surface area (Å²) in [6.07, 6.45) is 3.12. The zero-order valence-corrected chi connectivity index (χ0v) is 11.3. The van der Waals surface area contributed by atoms with Crippen molar-refractivity contribution in [2.45, 2.75) is 40.5 Å². The summed E-state index contributed by atoms with van der Waals surface area (Å²) in [4.78, 5) is 28.5. The van der Waals surface area contributed by atoms with E-state index in [1.54, 1.807) is 19.1 Å². The molecule has 0 aliphatic heterocycles. The Hall–Kier alpha value is -2.02. The van der Waals surface area contributed by atoms with Crippen LogP contribution in [0, 0.1) is 20.8 Å². The molecular formula is C14H16N2O2. The first-order chi connectivity index (χ1) is 8.45. The summed E-state index contributed by atoms with van der Waals surface area (Å²) in [5, 5.41) is 0. The smallest absolute Gasteiger partial charge is 0.211 e. The summed E-state index contributed by atoms with van der Waals surface area (Å²) in [6.45, 7) is 9.71. The van der Waals surface area contributed by atoms with Crippen molar-refractivity contribution < 1.29 is 9.59 Å². The Morgan fingerprint density at radius 3 is 1.78 bits per heavy atom.